The molecule has 1 amide bonds. The Morgan fingerprint density at radius 1 is 1.04 bits per heavy atom. The molecule has 0 aliphatic carbocycles. The second kappa shape index (κ2) is 9.50. The first-order valence-electron chi connectivity index (χ1n) is 9.19. The van der Waals surface area contributed by atoms with Gasteiger partial charge in [0.15, 0.2) is 0 Å². The van der Waals surface area contributed by atoms with Crippen molar-refractivity contribution in [3.8, 4) is 5.75 Å². The zero-order valence-corrected chi connectivity index (χ0v) is 16.1. The highest BCUT2D eigenvalue weighted by Gasteiger charge is 2.11. The number of benzene rings is 2. The number of rotatable bonds is 8. The molecule has 0 aliphatic rings. The fourth-order valence-corrected chi connectivity index (χ4v) is 2.85. The molecule has 0 unspecified atom stereocenters. The van der Waals surface area contributed by atoms with Gasteiger partial charge in [-0.05, 0) is 36.6 Å². The predicted molar refractivity (Wildman–Crippen MR) is 110 cm³/mol. The average molecular weight is 376 g/mol. The van der Waals surface area contributed by atoms with Gasteiger partial charge in [0.2, 0.25) is 5.95 Å². The van der Waals surface area contributed by atoms with Gasteiger partial charge in [-0.25, -0.2) is 9.97 Å². The van der Waals surface area contributed by atoms with Gasteiger partial charge in [0.1, 0.15) is 11.4 Å². The zero-order chi connectivity index (χ0) is 19.8. The molecule has 0 fully saturated rings. The molecular formula is C22H24N4O2. The number of methoxy groups -OCH3 is 1. The summed E-state index contributed by atoms with van der Waals surface area (Å²) >= 11 is 0. The van der Waals surface area contributed by atoms with E-state index in [9.17, 15) is 4.79 Å². The molecule has 2 N–H and O–H groups in total. The maximum Gasteiger partial charge on any atom is 0.270 e. The third kappa shape index (κ3) is 5.30. The van der Waals surface area contributed by atoms with Gasteiger partial charge in [0.05, 0.1) is 7.11 Å². The highest BCUT2D eigenvalue weighted by molar-refractivity contribution is 5.92. The summed E-state index contributed by atoms with van der Waals surface area (Å²) in [5.41, 5.74) is 3.26. The van der Waals surface area contributed by atoms with Crippen molar-refractivity contribution >= 4 is 11.9 Å². The van der Waals surface area contributed by atoms with Gasteiger partial charge in [0, 0.05) is 18.8 Å². The van der Waals surface area contributed by atoms with E-state index in [4.69, 9.17) is 4.74 Å². The van der Waals surface area contributed by atoms with Crippen molar-refractivity contribution in [1.82, 2.24) is 15.3 Å². The highest BCUT2D eigenvalue weighted by atomic mass is 16.5. The molecule has 3 rings (SSSR count). The topological polar surface area (TPSA) is 76.1 Å². The summed E-state index contributed by atoms with van der Waals surface area (Å²) in [5.74, 6) is 1.05. The first-order chi connectivity index (χ1) is 13.7. The van der Waals surface area contributed by atoms with Crippen LogP contribution in [0.3, 0.4) is 0 Å². The number of carbonyl (C=O) groups is 1. The van der Waals surface area contributed by atoms with Crippen LogP contribution in [0.1, 0.15) is 27.3 Å². The van der Waals surface area contributed by atoms with E-state index in [0.717, 1.165) is 22.6 Å². The number of hydrogen-bond donors (Lipinski definition) is 2. The van der Waals surface area contributed by atoms with Crippen LogP contribution in [-0.4, -0.2) is 29.5 Å². The SMILES string of the molecule is COc1ccccc1CCNC(=O)c1cc(C)nc(NCc2ccccc2)n1. The Balaban J connectivity index is 1.59. The Morgan fingerprint density at radius 2 is 1.79 bits per heavy atom. The maximum absolute atomic E-state index is 12.5. The second-order valence-electron chi connectivity index (χ2n) is 6.38. The van der Waals surface area contributed by atoms with Gasteiger partial charge in [-0.2, -0.15) is 0 Å². The summed E-state index contributed by atoms with van der Waals surface area (Å²) < 4.78 is 5.34. The van der Waals surface area contributed by atoms with Gasteiger partial charge in [-0.3, -0.25) is 4.79 Å². The number of carbonyl (C=O) groups excluding carboxylic acids is 1. The van der Waals surface area contributed by atoms with E-state index < -0.39 is 0 Å². The van der Waals surface area contributed by atoms with E-state index in [1.54, 1.807) is 13.2 Å². The van der Waals surface area contributed by atoms with Crippen molar-refractivity contribution in [3.05, 3.63) is 83.2 Å². The van der Waals surface area contributed by atoms with E-state index in [-0.39, 0.29) is 5.91 Å². The van der Waals surface area contributed by atoms with Gasteiger partial charge in [-0.1, -0.05) is 48.5 Å². The standard InChI is InChI=1S/C22H24N4O2/c1-16-14-19(26-22(25-16)24-15-17-8-4-3-5-9-17)21(27)23-13-12-18-10-6-7-11-20(18)28-2/h3-11,14H,12-13,15H2,1-2H3,(H,23,27)(H,24,25,26). The van der Waals surface area contributed by atoms with Crippen molar-refractivity contribution in [2.45, 2.75) is 19.9 Å². The molecule has 28 heavy (non-hydrogen) atoms. The summed E-state index contributed by atoms with van der Waals surface area (Å²) in [6.45, 7) is 2.94. The molecular weight excluding hydrogens is 352 g/mol. The van der Waals surface area contributed by atoms with Crippen molar-refractivity contribution in [2.24, 2.45) is 0 Å². The Kier molecular flexibility index (Phi) is 6.57. The van der Waals surface area contributed by atoms with Crippen molar-refractivity contribution in [3.63, 3.8) is 0 Å². The first-order valence-corrected chi connectivity index (χ1v) is 9.19. The molecule has 6 heteroatoms. The molecule has 0 saturated carbocycles. The monoisotopic (exact) mass is 376 g/mol. The fraction of sp³-hybridized carbons (Fsp3) is 0.227. The van der Waals surface area contributed by atoms with E-state index >= 15 is 0 Å². The first kappa shape index (κ1) is 19.4. The number of amides is 1. The van der Waals surface area contributed by atoms with E-state index in [1.165, 1.54) is 0 Å². The smallest absolute Gasteiger partial charge is 0.270 e. The van der Waals surface area contributed by atoms with Crippen molar-refractivity contribution in [1.29, 1.82) is 0 Å². The molecule has 1 heterocycles. The lowest BCUT2D eigenvalue weighted by atomic mass is 10.1. The molecule has 3 aromatic rings. The molecule has 0 saturated heterocycles. The van der Waals surface area contributed by atoms with Crippen LogP contribution in [-0.2, 0) is 13.0 Å². The predicted octanol–water partition coefficient (Wildman–Crippen LogP) is 3.38. The number of nitrogens with one attached hydrogen (secondary N) is 2. The van der Waals surface area contributed by atoms with Gasteiger partial charge in [0.25, 0.3) is 5.91 Å². The van der Waals surface area contributed by atoms with E-state index in [1.807, 2.05) is 61.5 Å². The van der Waals surface area contributed by atoms with E-state index in [0.29, 0.717) is 31.2 Å². The Hall–Kier alpha value is -3.41. The lowest BCUT2D eigenvalue weighted by Crippen LogP contribution is -2.27. The summed E-state index contributed by atoms with van der Waals surface area (Å²) in [4.78, 5) is 21.2. The number of aromatic nitrogens is 2. The quantitative estimate of drug-likeness (QED) is 0.630. The van der Waals surface area contributed by atoms with Crippen molar-refractivity contribution in [2.75, 3.05) is 19.0 Å². The number of aryl methyl sites for hydroxylation is 1. The fourth-order valence-electron chi connectivity index (χ4n) is 2.85. The van der Waals surface area contributed by atoms with Crippen molar-refractivity contribution < 1.29 is 9.53 Å². The normalized spacial score (nSPS) is 10.4. The highest BCUT2D eigenvalue weighted by Crippen LogP contribution is 2.17. The maximum atomic E-state index is 12.5. The average Bonchev–Trinajstić information content (AvgIpc) is 2.73. The molecule has 0 bridgehead atoms. The second-order valence-corrected chi connectivity index (χ2v) is 6.38. The largest absolute Gasteiger partial charge is 0.496 e. The van der Waals surface area contributed by atoms with Gasteiger partial charge >= 0.3 is 0 Å². The Morgan fingerprint density at radius 3 is 2.57 bits per heavy atom. The molecule has 0 aliphatic heterocycles. The zero-order valence-electron chi connectivity index (χ0n) is 16.1. The van der Waals surface area contributed by atoms with Gasteiger partial charge in [-0.15, -0.1) is 0 Å². The van der Waals surface area contributed by atoms with Crippen LogP contribution in [0.4, 0.5) is 5.95 Å². The lowest BCUT2D eigenvalue weighted by Gasteiger charge is -2.10. The molecule has 0 radical (unpaired) electrons. The van der Waals surface area contributed by atoms with Crippen LogP contribution in [0.5, 0.6) is 5.75 Å². The van der Waals surface area contributed by atoms with Crippen LogP contribution in [0.2, 0.25) is 0 Å². The minimum atomic E-state index is -0.219. The molecule has 144 valence electrons. The Bertz CT molecular complexity index is 929. The summed E-state index contributed by atoms with van der Waals surface area (Å²) in [6, 6.07) is 19.5. The molecule has 1 aromatic heterocycles. The number of para-hydroxylation sites is 1. The molecule has 6 nitrogen and oxygen atoms in total. The van der Waals surface area contributed by atoms with Crippen LogP contribution in [0, 0.1) is 6.92 Å². The lowest BCUT2D eigenvalue weighted by molar-refractivity contribution is 0.0949. The van der Waals surface area contributed by atoms with E-state index in [2.05, 4.69) is 20.6 Å². The number of hydrogen-bond acceptors (Lipinski definition) is 5. The third-order valence-corrected chi connectivity index (χ3v) is 4.25. The number of anilines is 1. The third-order valence-electron chi connectivity index (χ3n) is 4.25. The van der Waals surface area contributed by atoms with Gasteiger partial charge < -0.3 is 15.4 Å². The molecule has 0 atom stereocenters. The Labute approximate surface area is 165 Å². The molecule has 0 spiro atoms. The summed E-state index contributed by atoms with van der Waals surface area (Å²) in [7, 11) is 1.64. The minimum Gasteiger partial charge on any atom is -0.496 e. The van der Waals surface area contributed by atoms with Crippen LogP contribution in [0.15, 0.2) is 60.7 Å². The van der Waals surface area contributed by atoms with Crippen LogP contribution >= 0.6 is 0 Å². The van der Waals surface area contributed by atoms with Crippen LogP contribution < -0.4 is 15.4 Å². The summed E-state index contributed by atoms with van der Waals surface area (Å²) in [6.07, 6.45) is 0.679. The molecule has 2 aromatic carbocycles. The number of ether oxygens (including phenoxy) is 1. The minimum absolute atomic E-state index is 0.219. The van der Waals surface area contributed by atoms with Crippen LogP contribution in [0.25, 0.3) is 0 Å². The summed E-state index contributed by atoms with van der Waals surface area (Å²) in [5, 5.41) is 6.09. The number of nitrogens with zero attached hydrogens (tertiary/aromatic N) is 2.